The summed E-state index contributed by atoms with van der Waals surface area (Å²) in [6.45, 7) is 8.28. The van der Waals surface area contributed by atoms with E-state index >= 15 is 0 Å². The number of hydrogen-bond donors (Lipinski definition) is 1. The molecule has 1 N–H and O–H groups in total. The van der Waals surface area contributed by atoms with Crippen molar-refractivity contribution in [1.82, 2.24) is 0 Å². The van der Waals surface area contributed by atoms with Gasteiger partial charge in [-0.05, 0) is 6.42 Å². The molecule has 0 saturated carbocycles. The first-order valence-electron chi connectivity index (χ1n) is 5.18. The Labute approximate surface area is 92.8 Å². The second kappa shape index (κ2) is 6.65. The van der Waals surface area contributed by atoms with Gasteiger partial charge >= 0.3 is 5.97 Å². The van der Waals surface area contributed by atoms with E-state index in [1.807, 2.05) is 6.92 Å². The van der Waals surface area contributed by atoms with E-state index < -0.39 is 14.0 Å². The van der Waals surface area contributed by atoms with Crippen LogP contribution in [0.4, 0.5) is 0 Å². The third kappa shape index (κ3) is 9.51. The van der Waals surface area contributed by atoms with Crippen LogP contribution in [-0.4, -0.2) is 31.9 Å². The van der Waals surface area contributed by atoms with Gasteiger partial charge in [-0.25, -0.2) is 4.79 Å². The second-order valence-corrected chi connectivity index (χ2v) is 9.24. The van der Waals surface area contributed by atoms with E-state index in [9.17, 15) is 4.79 Å². The van der Waals surface area contributed by atoms with Gasteiger partial charge in [0, 0.05) is 6.42 Å². The normalized spacial score (nSPS) is 12.8. The Kier molecular flexibility index (Phi) is 6.30. The summed E-state index contributed by atoms with van der Waals surface area (Å²) in [4.78, 5) is 10.3. The summed E-state index contributed by atoms with van der Waals surface area (Å²) in [6, 6.07) is 0. The molecule has 0 aromatic carbocycles. The first-order valence-corrected chi connectivity index (χ1v) is 8.68. The molecule has 0 radical (unpaired) electrons. The monoisotopic (exact) mass is 228 g/mol. The molecule has 0 saturated heterocycles. The van der Waals surface area contributed by atoms with E-state index in [2.05, 4.69) is 31.1 Å². The predicted octanol–water partition coefficient (Wildman–Crippen LogP) is 2.14. The maximum Gasteiger partial charge on any atom is 0.329 e. The van der Waals surface area contributed by atoms with Gasteiger partial charge in [-0.3, -0.25) is 0 Å². The Morgan fingerprint density at radius 1 is 1.47 bits per heavy atom. The Morgan fingerprint density at radius 3 is 2.47 bits per heavy atom. The van der Waals surface area contributed by atoms with Crippen molar-refractivity contribution in [1.29, 1.82) is 0 Å². The molecule has 4 heteroatoms. The van der Waals surface area contributed by atoms with Crippen LogP contribution in [0.3, 0.4) is 0 Å². The third-order valence-electron chi connectivity index (χ3n) is 1.69. The smallest absolute Gasteiger partial charge is 0.329 e. The molecule has 0 aliphatic heterocycles. The van der Waals surface area contributed by atoms with Crippen molar-refractivity contribution >= 4 is 14.0 Å². The van der Waals surface area contributed by atoms with Crippen molar-refractivity contribution < 1.29 is 14.6 Å². The number of ether oxygens (including phenoxy) is 1. The molecule has 0 unspecified atom stereocenters. The van der Waals surface area contributed by atoms with E-state index in [0.717, 1.165) is 6.42 Å². The topological polar surface area (TPSA) is 46.5 Å². The molecular weight excluding hydrogens is 208 g/mol. The van der Waals surface area contributed by atoms with Crippen LogP contribution in [-0.2, 0) is 9.53 Å². The minimum Gasteiger partial charge on any atom is -0.480 e. The highest BCUT2D eigenvalue weighted by Crippen LogP contribution is 2.03. The van der Waals surface area contributed by atoms with Gasteiger partial charge in [0.15, 0.2) is 0 Å². The van der Waals surface area contributed by atoms with Crippen LogP contribution < -0.4 is 0 Å². The lowest BCUT2D eigenvalue weighted by atomic mass is 10.2. The minimum atomic E-state index is -1.31. The molecule has 0 bridgehead atoms. The lowest BCUT2D eigenvalue weighted by Gasteiger charge is -2.11. The van der Waals surface area contributed by atoms with Crippen molar-refractivity contribution in [3.8, 4) is 11.5 Å². The highest BCUT2D eigenvalue weighted by Gasteiger charge is 2.09. The van der Waals surface area contributed by atoms with Crippen molar-refractivity contribution in [2.75, 3.05) is 6.61 Å². The van der Waals surface area contributed by atoms with Crippen LogP contribution in [0, 0.1) is 11.5 Å². The second-order valence-electron chi connectivity index (χ2n) is 4.49. The van der Waals surface area contributed by atoms with E-state index in [4.69, 9.17) is 9.84 Å². The fourth-order valence-electron chi connectivity index (χ4n) is 0.940. The molecule has 0 fully saturated rings. The molecular formula is C11H20O3Si. The first-order chi connectivity index (χ1) is 6.85. The van der Waals surface area contributed by atoms with Crippen molar-refractivity contribution in [3.05, 3.63) is 0 Å². The Hall–Kier alpha value is -0.793. The van der Waals surface area contributed by atoms with Crippen LogP contribution >= 0.6 is 0 Å². The largest absolute Gasteiger partial charge is 0.480 e. The number of carboxylic acid groups (broad SMARTS) is 1. The molecule has 0 aromatic heterocycles. The molecule has 0 aliphatic rings. The summed E-state index contributed by atoms with van der Waals surface area (Å²) in [5.74, 6) is 2.17. The number of rotatable bonds is 5. The average Bonchev–Trinajstić information content (AvgIpc) is 2.08. The van der Waals surface area contributed by atoms with Gasteiger partial charge < -0.3 is 9.84 Å². The Bertz CT molecular complexity index is 257. The Balaban J connectivity index is 3.98. The fourth-order valence-corrected chi connectivity index (χ4v) is 1.57. The molecule has 0 amide bonds. The highest BCUT2D eigenvalue weighted by atomic mass is 28.3. The van der Waals surface area contributed by atoms with Crippen molar-refractivity contribution in [2.24, 2.45) is 0 Å². The van der Waals surface area contributed by atoms with Gasteiger partial charge in [0.2, 0.25) is 0 Å². The lowest BCUT2D eigenvalue weighted by molar-refractivity contribution is -0.144. The lowest BCUT2D eigenvalue weighted by Crippen LogP contribution is -2.19. The van der Waals surface area contributed by atoms with Gasteiger partial charge in [0.25, 0.3) is 0 Å². The average molecular weight is 228 g/mol. The summed E-state index contributed by atoms with van der Waals surface area (Å²) in [5, 5.41) is 8.46. The van der Waals surface area contributed by atoms with Crippen molar-refractivity contribution in [3.63, 3.8) is 0 Å². The third-order valence-corrected chi connectivity index (χ3v) is 2.62. The zero-order chi connectivity index (χ0) is 11.9. The predicted molar refractivity (Wildman–Crippen MR) is 63.4 cm³/mol. The van der Waals surface area contributed by atoms with Gasteiger partial charge in [0.05, 0.1) is 6.10 Å². The zero-order valence-electron chi connectivity index (χ0n) is 9.96. The molecule has 0 rings (SSSR count). The number of carboxylic acids is 1. The quantitative estimate of drug-likeness (QED) is 0.579. The highest BCUT2D eigenvalue weighted by molar-refractivity contribution is 6.83. The molecule has 15 heavy (non-hydrogen) atoms. The van der Waals surface area contributed by atoms with Gasteiger partial charge in [-0.2, -0.15) is 0 Å². The molecule has 0 heterocycles. The molecule has 0 aromatic rings. The maximum atomic E-state index is 10.3. The van der Waals surface area contributed by atoms with Crippen LogP contribution in [0.1, 0.15) is 19.8 Å². The molecule has 0 aliphatic carbocycles. The molecule has 86 valence electrons. The fraction of sp³-hybridized carbons (Fsp3) is 0.727. The summed E-state index contributed by atoms with van der Waals surface area (Å²) >= 11 is 0. The van der Waals surface area contributed by atoms with Crippen LogP contribution in [0.25, 0.3) is 0 Å². The molecule has 3 nitrogen and oxygen atoms in total. The summed E-state index contributed by atoms with van der Waals surface area (Å²) in [5.41, 5.74) is 3.24. The minimum absolute atomic E-state index is 0.0510. The van der Waals surface area contributed by atoms with Crippen LogP contribution in [0.15, 0.2) is 0 Å². The summed E-state index contributed by atoms with van der Waals surface area (Å²) in [7, 11) is -1.31. The molecule has 1 atom stereocenters. The van der Waals surface area contributed by atoms with E-state index in [-0.39, 0.29) is 12.7 Å². The van der Waals surface area contributed by atoms with Gasteiger partial charge in [-0.1, -0.05) is 26.6 Å². The SMILES string of the molecule is CC[C@@H](CC#C[Si](C)(C)C)OCC(=O)O. The van der Waals surface area contributed by atoms with E-state index in [1.54, 1.807) is 0 Å². The van der Waals surface area contributed by atoms with Crippen LogP contribution in [0.5, 0.6) is 0 Å². The number of aliphatic carboxylic acids is 1. The van der Waals surface area contributed by atoms with Gasteiger partial charge in [0.1, 0.15) is 14.7 Å². The summed E-state index contributed by atoms with van der Waals surface area (Å²) < 4.78 is 5.18. The first kappa shape index (κ1) is 14.2. The number of hydrogen-bond acceptors (Lipinski definition) is 2. The van der Waals surface area contributed by atoms with Crippen molar-refractivity contribution in [2.45, 2.75) is 45.5 Å². The van der Waals surface area contributed by atoms with Gasteiger partial charge in [-0.15, -0.1) is 11.5 Å². The summed E-state index contributed by atoms with van der Waals surface area (Å²) in [6.07, 6.45) is 1.38. The maximum absolute atomic E-state index is 10.3. The standard InChI is InChI=1S/C11H20O3Si/c1-5-10(14-9-11(12)13)7-6-8-15(2,3)4/h10H,5,7,9H2,1-4H3,(H,12,13)/t10-/m0/s1. The van der Waals surface area contributed by atoms with E-state index in [1.165, 1.54) is 0 Å². The zero-order valence-corrected chi connectivity index (χ0v) is 11.0. The van der Waals surface area contributed by atoms with E-state index in [0.29, 0.717) is 6.42 Å². The number of carbonyl (C=O) groups is 1. The van der Waals surface area contributed by atoms with Crippen LogP contribution in [0.2, 0.25) is 19.6 Å². The molecule has 0 spiro atoms. The Morgan fingerprint density at radius 2 is 2.07 bits per heavy atom.